The van der Waals surface area contributed by atoms with Crippen LogP contribution in [0.25, 0.3) is 11.2 Å². The maximum atomic E-state index is 6.36. The molecule has 3 aromatic rings. The number of pyridine rings is 1. The van der Waals surface area contributed by atoms with E-state index in [-0.39, 0.29) is 6.04 Å². The van der Waals surface area contributed by atoms with Crippen molar-refractivity contribution in [3.05, 3.63) is 45.0 Å². The van der Waals surface area contributed by atoms with Gasteiger partial charge >= 0.3 is 0 Å². The maximum absolute atomic E-state index is 6.36. The highest BCUT2D eigenvalue weighted by atomic mass is 35.5. The van der Waals surface area contributed by atoms with Gasteiger partial charge in [0.2, 0.25) is 5.65 Å². The van der Waals surface area contributed by atoms with Gasteiger partial charge in [0, 0.05) is 23.1 Å². The molecule has 0 aliphatic carbocycles. The summed E-state index contributed by atoms with van der Waals surface area (Å²) in [5, 5.41) is 5.02. The minimum atomic E-state index is -0.106. The van der Waals surface area contributed by atoms with Crippen molar-refractivity contribution in [1.29, 1.82) is 0 Å². The summed E-state index contributed by atoms with van der Waals surface area (Å²) in [5.41, 5.74) is 2.65. The topological polar surface area (TPSA) is 54.2 Å². The number of aromatic nitrogens is 2. The summed E-state index contributed by atoms with van der Waals surface area (Å²) < 4.78 is 5.92. The lowest BCUT2D eigenvalue weighted by Gasteiger charge is -2.28. The minimum Gasteiger partial charge on any atom is -0.419 e. The van der Waals surface area contributed by atoms with Crippen molar-refractivity contribution in [1.82, 2.24) is 9.97 Å². The van der Waals surface area contributed by atoms with Gasteiger partial charge in [0.1, 0.15) is 5.69 Å². The van der Waals surface area contributed by atoms with Crippen LogP contribution in [-0.2, 0) is 0 Å². The molecule has 2 aromatic heterocycles. The third-order valence-corrected chi connectivity index (χ3v) is 5.13. The summed E-state index contributed by atoms with van der Waals surface area (Å²) in [5.74, 6) is 0. The molecule has 1 aliphatic rings. The fourth-order valence-electron chi connectivity index (χ4n) is 2.77. The fourth-order valence-corrected chi connectivity index (χ4v) is 3.53. The average Bonchev–Trinajstić information content (AvgIpc) is 2.92. The summed E-state index contributed by atoms with van der Waals surface area (Å²) in [6.45, 7) is 3.88. The number of hydrogen-bond acceptors (Lipinski definition) is 5. The highest BCUT2D eigenvalue weighted by Gasteiger charge is 2.23. The number of benzene rings is 1. The highest BCUT2D eigenvalue weighted by molar-refractivity contribution is 6.35. The predicted molar refractivity (Wildman–Crippen MR) is 102 cm³/mol. The predicted octanol–water partition coefficient (Wildman–Crippen LogP) is 5.57. The van der Waals surface area contributed by atoms with E-state index in [9.17, 15) is 0 Å². The normalized spacial score (nSPS) is 15.3. The fraction of sp³-hybridized carbons (Fsp3) is 0.294. The summed E-state index contributed by atoms with van der Waals surface area (Å²) in [4.78, 5) is 10.8. The summed E-state index contributed by atoms with van der Waals surface area (Å²) in [6, 6.07) is 5.89. The van der Waals surface area contributed by atoms with Gasteiger partial charge in [0.05, 0.1) is 17.3 Å². The van der Waals surface area contributed by atoms with Crippen molar-refractivity contribution in [3.63, 3.8) is 0 Å². The van der Waals surface area contributed by atoms with E-state index in [4.69, 9.17) is 39.2 Å². The summed E-state index contributed by atoms with van der Waals surface area (Å²) >= 11 is 18.6. The number of anilines is 2. The Balaban J connectivity index is 1.70. The number of rotatable bonds is 4. The van der Waals surface area contributed by atoms with Crippen LogP contribution in [0.3, 0.4) is 0 Å². The van der Waals surface area contributed by atoms with Gasteiger partial charge in [-0.15, -0.1) is 0 Å². The molecule has 1 aliphatic heterocycles. The first-order valence-corrected chi connectivity index (χ1v) is 9.08. The van der Waals surface area contributed by atoms with Crippen LogP contribution < -0.4 is 10.2 Å². The molecule has 130 valence electrons. The smallest absolute Gasteiger partial charge is 0.300 e. The van der Waals surface area contributed by atoms with Crippen LogP contribution in [0.15, 0.2) is 28.8 Å². The SMILES string of the molecule is C[C@@H](Nc1c(Cl)cnc2nc(N3CCC3)oc12)c1ccc(Cl)cc1Cl. The van der Waals surface area contributed by atoms with Gasteiger partial charge in [-0.1, -0.05) is 40.9 Å². The van der Waals surface area contributed by atoms with Crippen LogP contribution in [-0.4, -0.2) is 23.1 Å². The number of fused-ring (bicyclic) bond motifs is 1. The first-order valence-electron chi connectivity index (χ1n) is 7.94. The molecule has 0 saturated carbocycles. The van der Waals surface area contributed by atoms with Crippen molar-refractivity contribution < 1.29 is 4.42 Å². The standard InChI is InChI=1S/C17H15Cl3N4O/c1-9(11-4-3-10(18)7-12(11)19)22-14-13(20)8-21-16-15(14)25-17(23-16)24-5-2-6-24/h3-4,7-9H,2,5-6H2,1H3,(H,21,22)/t9-/m1/s1. The summed E-state index contributed by atoms with van der Waals surface area (Å²) in [6.07, 6.45) is 2.72. The Morgan fingerprint density at radius 1 is 1.20 bits per heavy atom. The molecule has 1 N–H and O–H groups in total. The second-order valence-corrected chi connectivity index (χ2v) is 7.25. The number of halogens is 3. The third kappa shape index (κ3) is 3.12. The number of hydrogen-bond donors (Lipinski definition) is 1. The third-order valence-electron chi connectivity index (χ3n) is 4.28. The van der Waals surface area contributed by atoms with E-state index < -0.39 is 0 Å². The summed E-state index contributed by atoms with van der Waals surface area (Å²) in [7, 11) is 0. The quantitative estimate of drug-likeness (QED) is 0.624. The largest absolute Gasteiger partial charge is 0.419 e. The molecule has 25 heavy (non-hydrogen) atoms. The maximum Gasteiger partial charge on any atom is 0.300 e. The van der Waals surface area contributed by atoms with Crippen LogP contribution in [0.1, 0.15) is 24.9 Å². The number of oxazole rings is 1. The Morgan fingerprint density at radius 3 is 2.68 bits per heavy atom. The molecular weight excluding hydrogens is 383 g/mol. The molecule has 4 rings (SSSR count). The van der Waals surface area contributed by atoms with E-state index in [1.165, 1.54) is 0 Å². The van der Waals surface area contributed by atoms with Crippen molar-refractivity contribution >= 4 is 57.7 Å². The second-order valence-electron chi connectivity index (χ2n) is 6.00. The van der Waals surface area contributed by atoms with Gasteiger partial charge < -0.3 is 14.6 Å². The van der Waals surface area contributed by atoms with Crippen LogP contribution >= 0.6 is 34.8 Å². The molecule has 0 spiro atoms. The Hall–Kier alpha value is -1.69. The molecule has 5 nitrogen and oxygen atoms in total. The van der Waals surface area contributed by atoms with Crippen LogP contribution in [0.5, 0.6) is 0 Å². The molecule has 3 heterocycles. The molecule has 1 saturated heterocycles. The van der Waals surface area contributed by atoms with Crippen molar-refractivity contribution in [2.75, 3.05) is 23.3 Å². The Morgan fingerprint density at radius 2 is 2.00 bits per heavy atom. The molecule has 0 unspecified atom stereocenters. The zero-order chi connectivity index (χ0) is 17.6. The van der Waals surface area contributed by atoms with E-state index in [1.807, 2.05) is 13.0 Å². The van der Waals surface area contributed by atoms with E-state index >= 15 is 0 Å². The van der Waals surface area contributed by atoms with E-state index in [0.29, 0.717) is 38.0 Å². The lowest BCUT2D eigenvalue weighted by Crippen LogP contribution is -2.37. The Kier molecular flexibility index (Phi) is 4.40. The molecule has 1 aromatic carbocycles. The molecule has 0 radical (unpaired) electrons. The zero-order valence-electron chi connectivity index (χ0n) is 13.4. The monoisotopic (exact) mass is 396 g/mol. The van der Waals surface area contributed by atoms with Gasteiger partial charge in [-0.3, -0.25) is 0 Å². The van der Waals surface area contributed by atoms with Crippen molar-refractivity contribution in [2.24, 2.45) is 0 Å². The average molecular weight is 398 g/mol. The van der Waals surface area contributed by atoms with E-state index in [1.54, 1.807) is 18.3 Å². The first-order chi connectivity index (χ1) is 12.0. The van der Waals surface area contributed by atoms with Gasteiger partial charge in [0.25, 0.3) is 6.01 Å². The van der Waals surface area contributed by atoms with Gasteiger partial charge in [-0.2, -0.15) is 4.98 Å². The van der Waals surface area contributed by atoms with Gasteiger partial charge in [0.15, 0.2) is 5.58 Å². The molecule has 8 heteroatoms. The van der Waals surface area contributed by atoms with Crippen molar-refractivity contribution in [2.45, 2.75) is 19.4 Å². The molecule has 0 bridgehead atoms. The van der Waals surface area contributed by atoms with Crippen molar-refractivity contribution in [3.8, 4) is 0 Å². The Bertz CT molecular complexity index is 939. The Labute approximate surface area is 159 Å². The first kappa shape index (κ1) is 16.8. The lowest BCUT2D eigenvalue weighted by molar-refractivity contribution is 0.510. The minimum absolute atomic E-state index is 0.106. The van der Waals surface area contributed by atoms with Crippen LogP contribution in [0, 0.1) is 0 Å². The lowest BCUT2D eigenvalue weighted by atomic mass is 10.1. The molecule has 1 fully saturated rings. The van der Waals surface area contributed by atoms with Gasteiger partial charge in [-0.05, 0) is 31.0 Å². The van der Waals surface area contributed by atoms with E-state index in [2.05, 4.69) is 20.2 Å². The number of nitrogens with one attached hydrogen (secondary N) is 1. The second kappa shape index (κ2) is 6.56. The van der Waals surface area contributed by atoms with Crippen LogP contribution in [0.2, 0.25) is 15.1 Å². The van der Waals surface area contributed by atoms with Gasteiger partial charge in [-0.25, -0.2) is 4.98 Å². The molecule has 1 atom stereocenters. The highest BCUT2D eigenvalue weighted by Crippen LogP contribution is 2.36. The van der Waals surface area contributed by atoms with Crippen LogP contribution in [0.4, 0.5) is 11.7 Å². The zero-order valence-corrected chi connectivity index (χ0v) is 15.7. The molecule has 0 amide bonds. The van der Waals surface area contributed by atoms with E-state index in [0.717, 1.165) is 25.1 Å². The molecular formula is C17H15Cl3N4O. The number of nitrogens with zero attached hydrogens (tertiary/aromatic N) is 3.